The van der Waals surface area contributed by atoms with E-state index >= 15 is 0 Å². The second kappa shape index (κ2) is 16.1. The van der Waals surface area contributed by atoms with Crippen LogP contribution in [-0.2, 0) is 18.9 Å². The van der Waals surface area contributed by atoms with Gasteiger partial charge in [0.25, 0.3) is 0 Å². The van der Waals surface area contributed by atoms with Crippen LogP contribution in [0.5, 0.6) is 0 Å². The van der Waals surface area contributed by atoms with Crippen LogP contribution in [0.4, 0.5) is 0 Å². The Morgan fingerprint density at radius 2 is 0.861 bits per heavy atom. The van der Waals surface area contributed by atoms with E-state index in [1.54, 1.807) is 0 Å². The minimum absolute atomic E-state index is 0. The topological polar surface area (TPSA) is 36.9 Å². The Kier molecular flexibility index (Phi) is 16.9. The molecule has 8 unspecified atom stereocenters. The van der Waals surface area contributed by atoms with Crippen molar-refractivity contribution < 1.29 is 18.9 Å². The first-order valence-corrected chi connectivity index (χ1v) is 14.5. The standard InChI is InChI=1S/2C13H24O2.2C2H6.2CH4/c2*1-8(2)6-13-7-14-12(10(5)15-13)11(13)9(3)4;2*1-2;;/h2*8-12H,6-7H2,1-5H3;2*1-2H3;2*1H4. The van der Waals surface area contributed by atoms with Gasteiger partial charge in [-0.25, -0.2) is 0 Å². The van der Waals surface area contributed by atoms with Crippen LogP contribution in [0.1, 0.15) is 125 Å². The fourth-order valence-electron chi connectivity index (χ4n) is 7.27. The zero-order valence-corrected chi connectivity index (χ0v) is 25.2. The molecule has 0 aromatic carbocycles. The normalized spacial score (nSPS) is 37.5. The summed E-state index contributed by atoms with van der Waals surface area (Å²) in [5.74, 6) is 3.85. The van der Waals surface area contributed by atoms with Gasteiger partial charge in [-0.2, -0.15) is 0 Å². The summed E-state index contributed by atoms with van der Waals surface area (Å²) in [5.41, 5.74) is 0.0405. The first-order valence-electron chi connectivity index (χ1n) is 14.5. The summed E-state index contributed by atoms with van der Waals surface area (Å²) in [7, 11) is 0. The van der Waals surface area contributed by atoms with Crippen LogP contribution in [0, 0.1) is 35.5 Å². The summed E-state index contributed by atoms with van der Waals surface area (Å²) in [6, 6.07) is 0. The van der Waals surface area contributed by atoms with Gasteiger partial charge in [0, 0.05) is 11.8 Å². The lowest BCUT2D eigenvalue weighted by Gasteiger charge is -2.34. The molecule has 0 amide bonds. The van der Waals surface area contributed by atoms with Gasteiger partial charge in [0.1, 0.15) is 0 Å². The van der Waals surface area contributed by atoms with Gasteiger partial charge in [-0.15, -0.1) is 0 Å². The smallest absolute Gasteiger partial charge is 0.0978 e. The summed E-state index contributed by atoms with van der Waals surface area (Å²) < 4.78 is 24.2. The SMILES string of the molecule is C.C.CC.CC.CC(C)CC12COC(C(C)O1)C2C(C)C.CC(C)CC12COC(C(C)O1)C2C(C)C. The highest BCUT2D eigenvalue weighted by Crippen LogP contribution is 2.52. The van der Waals surface area contributed by atoms with Crippen molar-refractivity contribution in [3.8, 4) is 0 Å². The minimum atomic E-state index is 0. The van der Waals surface area contributed by atoms with Crippen LogP contribution in [0.15, 0.2) is 0 Å². The third-order valence-corrected chi connectivity index (χ3v) is 7.67. The van der Waals surface area contributed by atoms with E-state index in [1.165, 1.54) is 0 Å². The van der Waals surface area contributed by atoms with Crippen molar-refractivity contribution in [2.75, 3.05) is 13.2 Å². The first-order chi connectivity index (χ1) is 15.9. The maximum atomic E-state index is 6.21. The second-order valence-corrected chi connectivity index (χ2v) is 12.1. The Balaban J connectivity index is 0. The molecular formula is C32H68O4. The second-order valence-electron chi connectivity index (χ2n) is 12.1. The Labute approximate surface area is 228 Å². The van der Waals surface area contributed by atoms with Crippen molar-refractivity contribution in [1.29, 1.82) is 0 Å². The van der Waals surface area contributed by atoms with Gasteiger partial charge in [0.2, 0.25) is 0 Å². The zero-order chi connectivity index (χ0) is 26.4. The molecule has 0 N–H and O–H groups in total. The molecule has 8 atom stereocenters. The van der Waals surface area contributed by atoms with Crippen molar-refractivity contribution in [2.24, 2.45) is 35.5 Å². The van der Waals surface area contributed by atoms with Gasteiger partial charge in [-0.1, -0.05) is 97.9 Å². The fraction of sp³-hybridized carbons (Fsp3) is 1.00. The maximum absolute atomic E-state index is 6.21. The van der Waals surface area contributed by atoms with E-state index in [-0.39, 0.29) is 38.3 Å². The van der Waals surface area contributed by atoms with Crippen molar-refractivity contribution >= 4 is 0 Å². The van der Waals surface area contributed by atoms with Crippen LogP contribution in [-0.4, -0.2) is 48.8 Å². The highest BCUT2D eigenvalue weighted by molar-refractivity contribution is 5.08. The van der Waals surface area contributed by atoms with E-state index in [0.717, 1.165) is 26.1 Å². The van der Waals surface area contributed by atoms with E-state index in [0.29, 0.717) is 47.7 Å². The molecular weight excluding hydrogens is 448 g/mol. The van der Waals surface area contributed by atoms with Crippen LogP contribution >= 0.6 is 0 Å². The van der Waals surface area contributed by atoms with Gasteiger partial charge >= 0.3 is 0 Å². The lowest BCUT2D eigenvalue weighted by Crippen LogP contribution is -2.40. The predicted molar refractivity (Wildman–Crippen MR) is 158 cm³/mol. The van der Waals surface area contributed by atoms with Gasteiger partial charge in [0.15, 0.2) is 0 Å². The molecule has 4 saturated heterocycles. The van der Waals surface area contributed by atoms with E-state index in [1.807, 2.05) is 27.7 Å². The Hall–Kier alpha value is -0.160. The minimum Gasteiger partial charge on any atom is -0.372 e. The summed E-state index contributed by atoms with van der Waals surface area (Å²) >= 11 is 0. The average molecular weight is 517 g/mol. The molecule has 36 heavy (non-hydrogen) atoms. The van der Waals surface area contributed by atoms with E-state index in [4.69, 9.17) is 18.9 Å². The molecule has 0 aliphatic carbocycles. The first kappa shape index (κ1) is 38.0. The molecule has 4 rings (SSSR count). The molecule has 4 aliphatic rings. The summed E-state index contributed by atoms with van der Waals surface area (Å²) in [5, 5.41) is 0. The van der Waals surface area contributed by atoms with E-state index in [9.17, 15) is 0 Å². The number of ether oxygens (including phenoxy) is 4. The number of rotatable bonds is 6. The van der Waals surface area contributed by atoms with Gasteiger partial charge in [0.05, 0.1) is 48.8 Å². The molecule has 4 heterocycles. The number of hydrogen-bond donors (Lipinski definition) is 0. The molecule has 0 spiro atoms. The third kappa shape index (κ3) is 7.93. The lowest BCUT2D eigenvalue weighted by molar-refractivity contribution is -0.143. The van der Waals surface area contributed by atoms with Crippen LogP contribution < -0.4 is 0 Å². The Morgan fingerprint density at radius 1 is 0.583 bits per heavy atom. The Morgan fingerprint density at radius 3 is 1.06 bits per heavy atom. The van der Waals surface area contributed by atoms with Crippen molar-refractivity contribution in [1.82, 2.24) is 0 Å². The molecule has 4 heteroatoms. The van der Waals surface area contributed by atoms with Crippen LogP contribution in [0.2, 0.25) is 0 Å². The monoisotopic (exact) mass is 517 g/mol. The fourth-order valence-corrected chi connectivity index (χ4v) is 7.27. The molecule has 0 saturated carbocycles. The van der Waals surface area contributed by atoms with E-state index < -0.39 is 0 Å². The molecule has 4 fully saturated rings. The molecule has 4 aliphatic heterocycles. The Bertz CT molecular complexity index is 525. The summed E-state index contributed by atoms with van der Waals surface area (Å²) in [6.07, 6.45) is 3.51. The lowest BCUT2D eigenvalue weighted by atomic mass is 9.76. The molecule has 4 bridgehead atoms. The third-order valence-electron chi connectivity index (χ3n) is 7.67. The quantitative estimate of drug-likeness (QED) is 0.353. The highest BCUT2D eigenvalue weighted by Gasteiger charge is 2.61. The number of fused-ring (bicyclic) bond motifs is 4. The maximum Gasteiger partial charge on any atom is 0.0978 e. The highest BCUT2D eigenvalue weighted by atomic mass is 16.6. The average Bonchev–Trinajstić information content (AvgIpc) is 3.43. The summed E-state index contributed by atoms with van der Waals surface area (Å²) in [6.45, 7) is 32.2. The zero-order valence-electron chi connectivity index (χ0n) is 25.2. The predicted octanol–water partition coefficient (Wildman–Crippen LogP) is 9.05. The van der Waals surface area contributed by atoms with Crippen molar-refractivity contribution in [3.05, 3.63) is 0 Å². The van der Waals surface area contributed by atoms with Gasteiger partial charge in [-0.3, -0.25) is 0 Å². The van der Waals surface area contributed by atoms with Crippen LogP contribution in [0.3, 0.4) is 0 Å². The van der Waals surface area contributed by atoms with Crippen molar-refractivity contribution in [2.45, 2.75) is 160 Å². The van der Waals surface area contributed by atoms with Gasteiger partial charge in [-0.05, 0) is 50.4 Å². The largest absolute Gasteiger partial charge is 0.372 e. The molecule has 0 aromatic rings. The molecule has 0 aromatic heterocycles. The van der Waals surface area contributed by atoms with Crippen LogP contribution in [0.25, 0.3) is 0 Å². The number of hydrogen-bond acceptors (Lipinski definition) is 4. The molecule has 4 nitrogen and oxygen atoms in total. The molecule has 0 radical (unpaired) electrons. The van der Waals surface area contributed by atoms with Crippen molar-refractivity contribution in [3.63, 3.8) is 0 Å². The van der Waals surface area contributed by atoms with E-state index in [2.05, 4.69) is 69.2 Å². The van der Waals surface area contributed by atoms with Gasteiger partial charge < -0.3 is 18.9 Å². The molecule has 220 valence electrons. The summed E-state index contributed by atoms with van der Waals surface area (Å²) in [4.78, 5) is 0.